The number of piperidine rings is 1. The summed E-state index contributed by atoms with van der Waals surface area (Å²) < 4.78 is 6.63. The van der Waals surface area contributed by atoms with Crippen LogP contribution in [0.25, 0.3) is 0 Å². The van der Waals surface area contributed by atoms with Crippen molar-refractivity contribution >= 4 is 21.6 Å². The lowest BCUT2D eigenvalue weighted by atomic mass is 10.1. The molecule has 2 rings (SSSR count). The Labute approximate surface area is 99.4 Å². The smallest absolute Gasteiger partial charge is 0.129 e. The molecule has 0 amide bonds. The number of rotatable bonds is 2. The standard InChI is InChI=1S/C12H16BrNO/c1-15-12-4-2-3-9-14(12)11-7-5-10(13)6-8-11/h5-8,12H,2-4,9H2,1H3. The second-order valence-corrected chi connectivity index (χ2v) is 4.77. The molecule has 1 saturated heterocycles. The Morgan fingerprint density at radius 1 is 1.27 bits per heavy atom. The fraction of sp³-hybridized carbons (Fsp3) is 0.500. The molecule has 1 aliphatic rings. The summed E-state index contributed by atoms with van der Waals surface area (Å²) >= 11 is 3.45. The largest absolute Gasteiger partial charge is 0.362 e. The van der Waals surface area contributed by atoms with Crippen LogP contribution < -0.4 is 4.90 Å². The molecular weight excluding hydrogens is 254 g/mol. The highest BCUT2D eigenvalue weighted by molar-refractivity contribution is 9.10. The summed E-state index contributed by atoms with van der Waals surface area (Å²) in [4.78, 5) is 2.34. The second-order valence-electron chi connectivity index (χ2n) is 3.86. The van der Waals surface area contributed by atoms with E-state index >= 15 is 0 Å². The first-order valence-electron chi connectivity index (χ1n) is 5.36. The van der Waals surface area contributed by atoms with E-state index < -0.39 is 0 Å². The number of halogens is 1. The van der Waals surface area contributed by atoms with Gasteiger partial charge in [-0.2, -0.15) is 0 Å². The van der Waals surface area contributed by atoms with Gasteiger partial charge in [-0.3, -0.25) is 0 Å². The molecule has 2 nitrogen and oxygen atoms in total. The topological polar surface area (TPSA) is 12.5 Å². The van der Waals surface area contributed by atoms with Crippen LogP contribution in [0.5, 0.6) is 0 Å². The number of hydrogen-bond acceptors (Lipinski definition) is 2. The average molecular weight is 270 g/mol. The van der Waals surface area contributed by atoms with Gasteiger partial charge >= 0.3 is 0 Å². The molecule has 0 spiro atoms. The molecule has 1 atom stereocenters. The lowest BCUT2D eigenvalue weighted by Crippen LogP contribution is -2.40. The van der Waals surface area contributed by atoms with Gasteiger partial charge in [0.1, 0.15) is 6.23 Å². The van der Waals surface area contributed by atoms with E-state index in [4.69, 9.17) is 4.74 Å². The van der Waals surface area contributed by atoms with Crippen LogP contribution in [-0.4, -0.2) is 19.9 Å². The highest BCUT2D eigenvalue weighted by Gasteiger charge is 2.21. The quantitative estimate of drug-likeness (QED) is 0.816. The van der Waals surface area contributed by atoms with E-state index in [1.807, 2.05) is 0 Å². The number of methoxy groups -OCH3 is 1. The molecule has 0 saturated carbocycles. The number of hydrogen-bond donors (Lipinski definition) is 0. The third-order valence-electron chi connectivity index (χ3n) is 2.88. The molecule has 82 valence electrons. The summed E-state index contributed by atoms with van der Waals surface area (Å²) in [5.41, 5.74) is 1.25. The van der Waals surface area contributed by atoms with E-state index in [0.29, 0.717) is 0 Å². The maximum Gasteiger partial charge on any atom is 0.129 e. The molecule has 1 heterocycles. The van der Waals surface area contributed by atoms with Gasteiger partial charge in [0.25, 0.3) is 0 Å². The number of benzene rings is 1. The molecule has 1 unspecified atom stereocenters. The van der Waals surface area contributed by atoms with Gasteiger partial charge in [-0.05, 0) is 43.5 Å². The van der Waals surface area contributed by atoms with Crippen molar-refractivity contribution in [2.75, 3.05) is 18.6 Å². The molecule has 3 heteroatoms. The van der Waals surface area contributed by atoms with Crippen LogP contribution in [0.1, 0.15) is 19.3 Å². The van der Waals surface area contributed by atoms with Crippen LogP contribution in [0, 0.1) is 0 Å². The van der Waals surface area contributed by atoms with Gasteiger partial charge < -0.3 is 9.64 Å². The van der Waals surface area contributed by atoms with Crippen LogP contribution >= 0.6 is 15.9 Å². The Morgan fingerprint density at radius 3 is 2.67 bits per heavy atom. The van der Waals surface area contributed by atoms with Gasteiger partial charge in [0.05, 0.1) is 0 Å². The van der Waals surface area contributed by atoms with Crippen molar-refractivity contribution in [3.05, 3.63) is 28.7 Å². The van der Waals surface area contributed by atoms with E-state index in [2.05, 4.69) is 45.1 Å². The normalized spacial score (nSPS) is 21.7. The molecule has 0 aromatic heterocycles. The monoisotopic (exact) mass is 269 g/mol. The van der Waals surface area contributed by atoms with E-state index in [1.54, 1.807) is 7.11 Å². The van der Waals surface area contributed by atoms with Gasteiger partial charge in [-0.25, -0.2) is 0 Å². The van der Waals surface area contributed by atoms with Crippen LogP contribution in [-0.2, 0) is 4.74 Å². The van der Waals surface area contributed by atoms with Crippen molar-refractivity contribution in [1.29, 1.82) is 0 Å². The number of nitrogens with zero attached hydrogens (tertiary/aromatic N) is 1. The van der Waals surface area contributed by atoms with Crippen LogP contribution in [0.2, 0.25) is 0 Å². The predicted octanol–water partition coefficient (Wildman–Crippen LogP) is 3.41. The molecule has 1 aliphatic heterocycles. The first-order chi connectivity index (χ1) is 7.31. The molecule has 15 heavy (non-hydrogen) atoms. The molecule has 0 aliphatic carbocycles. The third-order valence-corrected chi connectivity index (χ3v) is 3.41. The number of anilines is 1. The first kappa shape index (κ1) is 11.0. The van der Waals surface area contributed by atoms with Crippen molar-refractivity contribution in [2.24, 2.45) is 0 Å². The summed E-state index contributed by atoms with van der Waals surface area (Å²) in [6.45, 7) is 1.10. The lowest BCUT2D eigenvalue weighted by molar-refractivity contribution is 0.0784. The van der Waals surface area contributed by atoms with Crippen LogP contribution in [0.15, 0.2) is 28.7 Å². The Kier molecular flexibility index (Phi) is 3.65. The minimum absolute atomic E-state index is 0.250. The maximum absolute atomic E-state index is 5.50. The zero-order valence-electron chi connectivity index (χ0n) is 8.95. The Bertz CT molecular complexity index is 312. The highest BCUT2D eigenvalue weighted by atomic mass is 79.9. The Morgan fingerprint density at radius 2 is 2.00 bits per heavy atom. The molecule has 0 radical (unpaired) electrons. The zero-order chi connectivity index (χ0) is 10.7. The van der Waals surface area contributed by atoms with Crippen molar-refractivity contribution < 1.29 is 4.74 Å². The lowest BCUT2D eigenvalue weighted by Gasteiger charge is -2.36. The summed E-state index contributed by atoms with van der Waals surface area (Å²) in [5.74, 6) is 0. The van der Waals surface area contributed by atoms with E-state index in [9.17, 15) is 0 Å². The summed E-state index contributed by atoms with van der Waals surface area (Å²) in [6, 6.07) is 8.44. The number of ether oxygens (including phenoxy) is 1. The Hall–Kier alpha value is -0.540. The second kappa shape index (κ2) is 4.99. The van der Waals surface area contributed by atoms with Crippen molar-refractivity contribution in [2.45, 2.75) is 25.5 Å². The summed E-state index contributed by atoms with van der Waals surface area (Å²) in [5, 5.41) is 0. The maximum atomic E-state index is 5.50. The third kappa shape index (κ3) is 2.52. The van der Waals surface area contributed by atoms with Crippen molar-refractivity contribution in [3.8, 4) is 0 Å². The van der Waals surface area contributed by atoms with Gasteiger partial charge in [0, 0.05) is 23.8 Å². The van der Waals surface area contributed by atoms with Crippen molar-refractivity contribution in [1.82, 2.24) is 0 Å². The fourth-order valence-corrected chi connectivity index (χ4v) is 2.34. The van der Waals surface area contributed by atoms with Gasteiger partial charge in [0.15, 0.2) is 0 Å². The van der Waals surface area contributed by atoms with E-state index in [1.165, 1.54) is 18.5 Å². The Balaban J connectivity index is 2.16. The minimum atomic E-state index is 0.250. The molecule has 1 aromatic carbocycles. The predicted molar refractivity (Wildman–Crippen MR) is 66.1 cm³/mol. The molecule has 1 aromatic rings. The van der Waals surface area contributed by atoms with E-state index in [-0.39, 0.29) is 6.23 Å². The average Bonchev–Trinajstić information content (AvgIpc) is 2.30. The van der Waals surface area contributed by atoms with Gasteiger partial charge in [-0.1, -0.05) is 15.9 Å². The zero-order valence-corrected chi connectivity index (χ0v) is 10.5. The SMILES string of the molecule is COC1CCCCN1c1ccc(Br)cc1. The molecular formula is C12H16BrNO. The van der Waals surface area contributed by atoms with Crippen LogP contribution in [0.4, 0.5) is 5.69 Å². The molecule has 1 fully saturated rings. The molecule has 0 bridgehead atoms. The first-order valence-corrected chi connectivity index (χ1v) is 6.15. The minimum Gasteiger partial charge on any atom is -0.362 e. The fourth-order valence-electron chi connectivity index (χ4n) is 2.07. The van der Waals surface area contributed by atoms with Gasteiger partial charge in [0.2, 0.25) is 0 Å². The molecule has 0 N–H and O–H groups in total. The highest BCUT2D eigenvalue weighted by Crippen LogP contribution is 2.26. The van der Waals surface area contributed by atoms with Gasteiger partial charge in [-0.15, -0.1) is 0 Å². The van der Waals surface area contributed by atoms with Crippen LogP contribution in [0.3, 0.4) is 0 Å². The summed E-state index contributed by atoms with van der Waals surface area (Å²) in [6.07, 6.45) is 3.91. The van der Waals surface area contributed by atoms with Crippen molar-refractivity contribution in [3.63, 3.8) is 0 Å². The summed E-state index contributed by atoms with van der Waals surface area (Å²) in [7, 11) is 1.79. The van der Waals surface area contributed by atoms with E-state index in [0.717, 1.165) is 17.4 Å².